The number of aliphatic hydroxyl groups excluding tert-OH is 4. The molecule has 4 N–H and O–H groups in total. The van der Waals surface area contributed by atoms with Gasteiger partial charge in [-0.15, -0.1) is 0 Å². The molecular formula is C16H26O7. The van der Waals surface area contributed by atoms with E-state index in [4.69, 9.17) is 9.47 Å². The number of carbonyl (C=O) groups is 1. The molecule has 1 aliphatic heterocycles. The van der Waals surface area contributed by atoms with Gasteiger partial charge in [-0.25, -0.2) is 0 Å². The molecule has 1 heterocycles. The largest absolute Gasteiger partial charge is 0.394 e. The van der Waals surface area contributed by atoms with Crippen LogP contribution >= 0.6 is 0 Å². The van der Waals surface area contributed by atoms with Crippen LogP contribution in [0.3, 0.4) is 0 Å². The summed E-state index contributed by atoms with van der Waals surface area (Å²) < 4.78 is 11.0. The van der Waals surface area contributed by atoms with Crippen LogP contribution in [0.2, 0.25) is 0 Å². The smallest absolute Gasteiger partial charge is 0.186 e. The van der Waals surface area contributed by atoms with Crippen molar-refractivity contribution in [3.63, 3.8) is 0 Å². The molecule has 7 atom stereocenters. The summed E-state index contributed by atoms with van der Waals surface area (Å²) in [7, 11) is 0. The topological polar surface area (TPSA) is 116 Å². The number of rotatable bonds is 4. The van der Waals surface area contributed by atoms with Crippen molar-refractivity contribution < 1.29 is 34.7 Å². The summed E-state index contributed by atoms with van der Waals surface area (Å²) in [4.78, 5) is 12.7. The maximum atomic E-state index is 12.7. The molecule has 0 aromatic heterocycles. The normalized spacial score (nSPS) is 48.9. The minimum Gasteiger partial charge on any atom is -0.394 e. The minimum atomic E-state index is -1.46. The van der Waals surface area contributed by atoms with E-state index in [1.165, 1.54) is 0 Å². The van der Waals surface area contributed by atoms with Crippen LogP contribution in [0.15, 0.2) is 0 Å². The van der Waals surface area contributed by atoms with Crippen LogP contribution < -0.4 is 0 Å². The summed E-state index contributed by atoms with van der Waals surface area (Å²) in [5.41, 5.74) is -0.899. The molecule has 23 heavy (non-hydrogen) atoms. The van der Waals surface area contributed by atoms with Crippen LogP contribution in [0.5, 0.6) is 0 Å². The molecule has 3 aliphatic rings. The Kier molecular flexibility index (Phi) is 4.32. The Labute approximate surface area is 135 Å². The molecule has 1 saturated heterocycles. The Morgan fingerprint density at radius 1 is 1.22 bits per heavy atom. The Morgan fingerprint density at radius 2 is 1.91 bits per heavy atom. The molecule has 0 amide bonds. The van der Waals surface area contributed by atoms with Gasteiger partial charge in [0.1, 0.15) is 30.2 Å². The van der Waals surface area contributed by atoms with Crippen LogP contribution in [0.4, 0.5) is 0 Å². The summed E-state index contributed by atoms with van der Waals surface area (Å²) in [6.45, 7) is 3.56. The monoisotopic (exact) mass is 330 g/mol. The first-order chi connectivity index (χ1) is 10.7. The summed E-state index contributed by atoms with van der Waals surface area (Å²) in [6.07, 6.45) is -3.94. The van der Waals surface area contributed by atoms with E-state index in [1.54, 1.807) is 0 Å². The zero-order valence-electron chi connectivity index (χ0n) is 13.5. The molecule has 0 spiro atoms. The number of Topliss-reactive ketones (excluding diaryl/α,β-unsaturated/α-hetero) is 1. The van der Waals surface area contributed by atoms with Crippen molar-refractivity contribution >= 4 is 5.78 Å². The highest BCUT2D eigenvalue weighted by Crippen LogP contribution is 2.60. The van der Waals surface area contributed by atoms with Gasteiger partial charge in [0.2, 0.25) is 0 Å². The molecule has 3 rings (SSSR count). The molecule has 2 aliphatic carbocycles. The maximum absolute atomic E-state index is 12.7. The fourth-order valence-electron chi connectivity index (χ4n) is 4.46. The van der Waals surface area contributed by atoms with E-state index in [0.717, 1.165) is 19.3 Å². The second-order valence-electron chi connectivity index (χ2n) is 7.78. The molecule has 132 valence electrons. The highest BCUT2D eigenvalue weighted by Gasteiger charge is 2.62. The van der Waals surface area contributed by atoms with Crippen molar-refractivity contribution in [2.45, 2.75) is 63.8 Å². The van der Waals surface area contributed by atoms with Gasteiger partial charge in [0, 0.05) is 5.41 Å². The molecule has 3 fully saturated rings. The summed E-state index contributed by atoms with van der Waals surface area (Å²) >= 11 is 0. The first kappa shape index (κ1) is 17.3. The van der Waals surface area contributed by atoms with Crippen LogP contribution in [0, 0.1) is 16.7 Å². The van der Waals surface area contributed by atoms with Crippen molar-refractivity contribution in [2.75, 3.05) is 13.2 Å². The first-order valence-electron chi connectivity index (χ1n) is 8.20. The van der Waals surface area contributed by atoms with Crippen LogP contribution in [-0.4, -0.2) is 70.1 Å². The summed E-state index contributed by atoms with van der Waals surface area (Å²) in [5.74, 6) is 0.541. The zero-order valence-corrected chi connectivity index (χ0v) is 13.5. The zero-order chi connectivity index (χ0) is 17.0. The lowest BCUT2D eigenvalue weighted by atomic mass is 9.71. The van der Waals surface area contributed by atoms with Crippen LogP contribution in [-0.2, 0) is 14.3 Å². The molecule has 0 radical (unpaired) electrons. The number of fused-ring (bicyclic) bond motifs is 2. The molecule has 7 unspecified atom stereocenters. The van der Waals surface area contributed by atoms with Gasteiger partial charge in [0.05, 0.1) is 18.6 Å². The molecule has 0 aromatic rings. The quantitative estimate of drug-likeness (QED) is 0.533. The van der Waals surface area contributed by atoms with E-state index in [1.807, 2.05) is 13.8 Å². The van der Waals surface area contributed by atoms with E-state index in [2.05, 4.69) is 0 Å². The fourth-order valence-corrected chi connectivity index (χ4v) is 4.46. The number of ether oxygens (including phenoxy) is 2. The van der Waals surface area contributed by atoms with E-state index in [9.17, 15) is 25.2 Å². The Bertz CT molecular complexity index is 477. The molecule has 2 saturated carbocycles. The van der Waals surface area contributed by atoms with Gasteiger partial charge >= 0.3 is 0 Å². The molecule has 0 aromatic carbocycles. The summed E-state index contributed by atoms with van der Waals surface area (Å²) in [5, 5.41) is 38.7. The lowest BCUT2D eigenvalue weighted by Gasteiger charge is -2.41. The second kappa shape index (κ2) is 5.75. The van der Waals surface area contributed by atoms with Gasteiger partial charge in [0.15, 0.2) is 6.29 Å². The third-order valence-corrected chi connectivity index (χ3v) is 6.07. The van der Waals surface area contributed by atoms with E-state index in [0.29, 0.717) is 5.92 Å². The molecule has 2 bridgehead atoms. The number of aliphatic hydroxyl groups is 4. The number of hydrogen-bond donors (Lipinski definition) is 4. The highest BCUT2D eigenvalue weighted by molar-refractivity contribution is 5.93. The van der Waals surface area contributed by atoms with E-state index < -0.39 is 42.7 Å². The van der Waals surface area contributed by atoms with Gasteiger partial charge in [-0.3, -0.25) is 4.79 Å². The Morgan fingerprint density at radius 3 is 2.48 bits per heavy atom. The predicted octanol–water partition coefficient (Wildman–Crippen LogP) is -0.802. The van der Waals surface area contributed by atoms with E-state index in [-0.39, 0.29) is 17.8 Å². The lowest BCUT2D eigenvalue weighted by Crippen LogP contribution is -2.59. The standard InChI is InChI=1S/C16H26O7/c1-15(2)8-3-4-16(5-8,14(15)21)7-22-13-12(20)11(19)10(18)9(6-17)23-13/h8-13,17-20H,3-7H2,1-2H3. The molecular weight excluding hydrogens is 304 g/mol. The SMILES string of the molecule is CC1(C)C(=O)C2(COC3OC(CO)C(O)C(O)C3O)CCC1C2. The summed E-state index contributed by atoms with van der Waals surface area (Å²) in [6, 6.07) is 0. The number of carbonyl (C=O) groups excluding carboxylic acids is 1. The minimum absolute atomic E-state index is 0.119. The fraction of sp³-hybridized carbons (Fsp3) is 0.938. The Hall–Kier alpha value is -0.570. The second-order valence-corrected chi connectivity index (χ2v) is 7.78. The molecule has 7 heteroatoms. The average molecular weight is 330 g/mol. The van der Waals surface area contributed by atoms with Crippen molar-refractivity contribution in [3.8, 4) is 0 Å². The van der Waals surface area contributed by atoms with Gasteiger partial charge in [-0.1, -0.05) is 13.8 Å². The van der Waals surface area contributed by atoms with Gasteiger partial charge in [-0.05, 0) is 25.2 Å². The average Bonchev–Trinajstić information content (AvgIpc) is 3.03. The van der Waals surface area contributed by atoms with Crippen LogP contribution in [0.25, 0.3) is 0 Å². The van der Waals surface area contributed by atoms with E-state index >= 15 is 0 Å². The van der Waals surface area contributed by atoms with Gasteiger partial charge in [0.25, 0.3) is 0 Å². The third kappa shape index (κ3) is 2.54. The lowest BCUT2D eigenvalue weighted by molar-refractivity contribution is -0.305. The predicted molar refractivity (Wildman–Crippen MR) is 78.3 cm³/mol. The number of hydrogen-bond acceptors (Lipinski definition) is 7. The van der Waals surface area contributed by atoms with Crippen molar-refractivity contribution in [1.82, 2.24) is 0 Å². The van der Waals surface area contributed by atoms with Crippen molar-refractivity contribution in [2.24, 2.45) is 16.7 Å². The maximum Gasteiger partial charge on any atom is 0.186 e. The Balaban J connectivity index is 1.67. The first-order valence-corrected chi connectivity index (χ1v) is 8.20. The highest BCUT2D eigenvalue weighted by atomic mass is 16.7. The van der Waals surface area contributed by atoms with Crippen molar-refractivity contribution in [3.05, 3.63) is 0 Å². The van der Waals surface area contributed by atoms with Crippen molar-refractivity contribution in [1.29, 1.82) is 0 Å². The van der Waals surface area contributed by atoms with Gasteiger partial charge in [-0.2, -0.15) is 0 Å². The van der Waals surface area contributed by atoms with Crippen LogP contribution in [0.1, 0.15) is 33.1 Å². The third-order valence-electron chi connectivity index (χ3n) is 6.07. The van der Waals surface area contributed by atoms with Gasteiger partial charge < -0.3 is 29.9 Å². The molecule has 7 nitrogen and oxygen atoms in total. The number of ketones is 1.